The summed E-state index contributed by atoms with van der Waals surface area (Å²) in [4.78, 5) is 1.31. The predicted molar refractivity (Wildman–Crippen MR) is 66.2 cm³/mol. The van der Waals surface area contributed by atoms with Gasteiger partial charge in [-0.15, -0.1) is 11.3 Å². The van der Waals surface area contributed by atoms with Crippen LogP contribution in [0.5, 0.6) is 0 Å². The number of nitrogens with one attached hydrogen (secondary N) is 1. The molecule has 0 saturated carbocycles. The van der Waals surface area contributed by atoms with E-state index in [2.05, 4.69) is 39.7 Å². The molecule has 14 heavy (non-hydrogen) atoms. The van der Waals surface area contributed by atoms with Crippen molar-refractivity contribution in [3.05, 3.63) is 20.8 Å². The van der Waals surface area contributed by atoms with Crippen LogP contribution >= 0.6 is 27.3 Å². The van der Waals surface area contributed by atoms with E-state index in [-0.39, 0.29) is 0 Å². The molecule has 4 heteroatoms. The van der Waals surface area contributed by atoms with Gasteiger partial charge in [0.05, 0.1) is 6.04 Å². The predicted octanol–water partition coefficient (Wildman–Crippen LogP) is 3.60. The zero-order chi connectivity index (χ0) is 10.4. The topological polar surface area (TPSA) is 38.0 Å². The van der Waals surface area contributed by atoms with Crippen LogP contribution in [-0.4, -0.2) is 0 Å². The van der Waals surface area contributed by atoms with Crippen LogP contribution in [0.15, 0.2) is 15.9 Å². The quantitative estimate of drug-likeness (QED) is 0.473. The van der Waals surface area contributed by atoms with Crippen LogP contribution in [0.4, 0.5) is 0 Å². The summed E-state index contributed by atoms with van der Waals surface area (Å²) in [5, 5.41) is 2.09. The minimum Gasteiger partial charge on any atom is -0.271 e. The summed E-state index contributed by atoms with van der Waals surface area (Å²) >= 11 is 5.28. The van der Waals surface area contributed by atoms with Crippen molar-refractivity contribution < 1.29 is 0 Å². The zero-order valence-electron chi connectivity index (χ0n) is 8.42. The highest BCUT2D eigenvalue weighted by molar-refractivity contribution is 9.10. The molecule has 2 nitrogen and oxygen atoms in total. The number of hydrazine groups is 1. The summed E-state index contributed by atoms with van der Waals surface area (Å²) in [6, 6.07) is 2.38. The molecule has 1 unspecified atom stereocenters. The lowest BCUT2D eigenvalue weighted by Crippen LogP contribution is -2.27. The van der Waals surface area contributed by atoms with Crippen molar-refractivity contribution >= 4 is 27.3 Å². The smallest absolute Gasteiger partial charge is 0.0564 e. The van der Waals surface area contributed by atoms with Crippen LogP contribution in [0, 0.1) is 0 Å². The molecular formula is C10H17BrN2S. The second-order valence-corrected chi connectivity index (χ2v) is 5.15. The fraction of sp³-hybridized carbons (Fsp3) is 0.600. The van der Waals surface area contributed by atoms with Gasteiger partial charge in [-0.25, -0.2) is 0 Å². The molecule has 0 aliphatic heterocycles. The Morgan fingerprint density at radius 2 is 2.36 bits per heavy atom. The van der Waals surface area contributed by atoms with E-state index in [4.69, 9.17) is 5.84 Å². The maximum atomic E-state index is 5.55. The lowest BCUT2D eigenvalue weighted by Gasteiger charge is -2.14. The minimum absolute atomic E-state index is 0.302. The molecule has 0 aliphatic carbocycles. The Morgan fingerprint density at radius 1 is 1.57 bits per heavy atom. The molecule has 3 N–H and O–H groups in total. The first-order valence-corrected chi connectivity index (χ1v) is 6.65. The van der Waals surface area contributed by atoms with Gasteiger partial charge in [0.15, 0.2) is 0 Å². The molecule has 0 saturated heterocycles. The van der Waals surface area contributed by atoms with Crippen molar-refractivity contribution in [3.63, 3.8) is 0 Å². The molecule has 1 aromatic heterocycles. The maximum Gasteiger partial charge on any atom is 0.0564 e. The summed E-state index contributed by atoms with van der Waals surface area (Å²) in [5.74, 6) is 5.55. The number of thiophene rings is 1. The Labute approximate surface area is 98.0 Å². The molecule has 0 aromatic carbocycles. The molecule has 1 heterocycles. The molecule has 0 radical (unpaired) electrons. The minimum atomic E-state index is 0.302. The van der Waals surface area contributed by atoms with Crippen LogP contribution in [-0.2, 0) is 0 Å². The van der Waals surface area contributed by atoms with E-state index >= 15 is 0 Å². The third-order valence-corrected chi connectivity index (χ3v) is 4.24. The van der Waals surface area contributed by atoms with E-state index in [1.807, 2.05) is 0 Å². The van der Waals surface area contributed by atoms with Crippen molar-refractivity contribution in [1.82, 2.24) is 5.43 Å². The van der Waals surface area contributed by atoms with Crippen molar-refractivity contribution in [1.29, 1.82) is 0 Å². The Kier molecular flexibility index (Phi) is 5.70. The van der Waals surface area contributed by atoms with Crippen LogP contribution in [0.1, 0.15) is 43.5 Å². The molecule has 1 rings (SSSR count). The first-order valence-electron chi connectivity index (χ1n) is 4.98. The summed E-state index contributed by atoms with van der Waals surface area (Å²) in [7, 11) is 0. The highest BCUT2D eigenvalue weighted by Crippen LogP contribution is 2.31. The average molecular weight is 277 g/mol. The van der Waals surface area contributed by atoms with Gasteiger partial charge in [0.25, 0.3) is 0 Å². The molecule has 0 bridgehead atoms. The van der Waals surface area contributed by atoms with Gasteiger partial charge in [0, 0.05) is 9.35 Å². The third-order valence-electron chi connectivity index (χ3n) is 2.26. The fourth-order valence-electron chi connectivity index (χ4n) is 1.44. The second kappa shape index (κ2) is 6.56. The highest BCUT2D eigenvalue weighted by atomic mass is 79.9. The first kappa shape index (κ1) is 12.2. The van der Waals surface area contributed by atoms with Gasteiger partial charge in [0.2, 0.25) is 0 Å². The molecule has 0 aliphatic rings. The molecule has 1 aromatic rings. The van der Waals surface area contributed by atoms with E-state index < -0.39 is 0 Å². The van der Waals surface area contributed by atoms with Gasteiger partial charge < -0.3 is 0 Å². The summed E-state index contributed by atoms with van der Waals surface area (Å²) in [6.45, 7) is 2.21. The molecule has 0 fully saturated rings. The Balaban J connectivity index is 2.50. The first-order chi connectivity index (χ1) is 6.79. The van der Waals surface area contributed by atoms with Gasteiger partial charge in [0.1, 0.15) is 0 Å². The molecular weight excluding hydrogens is 260 g/mol. The SMILES string of the molecule is CCCCCC(NN)c1sccc1Br. The Bertz CT molecular complexity index is 262. The maximum absolute atomic E-state index is 5.55. The van der Waals surface area contributed by atoms with Crippen molar-refractivity contribution in [2.75, 3.05) is 0 Å². The van der Waals surface area contributed by atoms with Crippen molar-refractivity contribution in [3.8, 4) is 0 Å². The van der Waals surface area contributed by atoms with E-state index in [0.29, 0.717) is 6.04 Å². The van der Waals surface area contributed by atoms with E-state index in [9.17, 15) is 0 Å². The number of hydrogen-bond acceptors (Lipinski definition) is 3. The zero-order valence-corrected chi connectivity index (χ0v) is 10.8. The number of hydrogen-bond donors (Lipinski definition) is 2. The summed E-state index contributed by atoms with van der Waals surface area (Å²) in [6.07, 6.45) is 4.88. The number of rotatable bonds is 6. The summed E-state index contributed by atoms with van der Waals surface area (Å²) < 4.78 is 1.17. The molecule has 1 atom stereocenters. The monoisotopic (exact) mass is 276 g/mol. The van der Waals surface area contributed by atoms with Crippen LogP contribution in [0.3, 0.4) is 0 Å². The van der Waals surface area contributed by atoms with Gasteiger partial charge in [-0.3, -0.25) is 11.3 Å². The van der Waals surface area contributed by atoms with Gasteiger partial charge >= 0.3 is 0 Å². The molecule has 0 amide bonds. The molecule has 80 valence electrons. The summed E-state index contributed by atoms with van der Waals surface area (Å²) in [5.41, 5.74) is 2.88. The Morgan fingerprint density at radius 3 is 2.86 bits per heavy atom. The van der Waals surface area contributed by atoms with E-state index in [1.165, 1.54) is 28.6 Å². The normalized spacial score (nSPS) is 13.1. The van der Waals surface area contributed by atoms with Crippen molar-refractivity contribution in [2.45, 2.75) is 38.6 Å². The lowest BCUT2D eigenvalue weighted by molar-refractivity contribution is 0.492. The van der Waals surface area contributed by atoms with Crippen LogP contribution in [0.25, 0.3) is 0 Å². The Hall–Kier alpha value is 0.100. The standard InChI is InChI=1S/C10H17BrN2S/c1-2-3-4-5-9(13-12)10-8(11)6-7-14-10/h6-7,9,13H,2-5,12H2,1H3. The third kappa shape index (κ3) is 3.35. The van der Waals surface area contributed by atoms with Crippen LogP contribution < -0.4 is 11.3 Å². The number of nitrogens with two attached hydrogens (primary N) is 1. The largest absolute Gasteiger partial charge is 0.271 e. The fourth-order valence-corrected chi connectivity index (χ4v) is 3.19. The highest BCUT2D eigenvalue weighted by Gasteiger charge is 2.13. The lowest BCUT2D eigenvalue weighted by atomic mass is 10.1. The average Bonchev–Trinajstić information content (AvgIpc) is 2.60. The van der Waals surface area contributed by atoms with Gasteiger partial charge in [-0.2, -0.15) is 0 Å². The second-order valence-electron chi connectivity index (χ2n) is 3.35. The van der Waals surface area contributed by atoms with Crippen molar-refractivity contribution in [2.24, 2.45) is 5.84 Å². The molecule has 0 spiro atoms. The number of unbranched alkanes of at least 4 members (excludes halogenated alkanes) is 2. The van der Waals surface area contributed by atoms with E-state index in [1.54, 1.807) is 11.3 Å². The van der Waals surface area contributed by atoms with E-state index in [0.717, 1.165) is 6.42 Å². The van der Waals surface area contributed by atoms with Gasteiger partial charge in [-0.1, -0.05) is 26.2 Å². The van der Waals surface area contributed by atoms with Gasteiger partial charge in [-0.05, 0) is 33.8 Å². The number of halogens is 1. The van der Waals surface area contributed by atoms with Crippen LogP contribution in [0.2, 0.25) is 0 Å².